The normalized spacial score (nSPS) is 23.4. The highest BCUT2D eigenvalue weighted by molar-refractivity contribution is 6.40. The van der Waals surface area contributed by atoms with Crippen LogP contribution in [0.15, 0.2) is 36.4 Å². The van der Waals surface area contributed by atoms with Gasteiger partial charge in [-0.2, -0.15) is 13.2 Å². The zero-order valence-corrected chi connectivity index (χ0v) is 17.6. The Balaban J connectivity index is 1.55. The number of benzene rings is 2. The molecule has 3 saturated heterocycles. The third-order valence-corrected chi connectivity index (χ3v) is 6.83. The Labute approximate surface area is 183 Å². The van der Waals surface area contributed by atoms with E-state index in [0.717, 1.165) is 48.7 Å². The quantitative estimate of drug-likeness (QED) is 0.602. The van der Waals surface area contributed by atoms with Gasteiger partial charge in [-0.1, -0.05) is 47.5 Å². The lowest BCUT2D eigenvalue weighted by Crippen LogP contribution is -2.44. The first kappa shape index (κ1) is 21.5. The average molecular weight is 457 g/mol. The molecule has 2 aromatic rings. The summed E-state index contributed by atoms with van der Waals surface area (Å²) >= 11 is 11.9. The summed E-state index contributed by atoms with van der Waals surface area (Å²) in [6, 6.07) is 10.0. The van der Waals surface area contributed by atoms with Gasteiger partial charge in [0, 0.05) is 12.6 Å². The lowest BCUT2D eigenvalue weighted by Gasteiger charge is -2.46. The molecule has 8 heteroatoms. The summed E-state index contributed by atoms with van der Waals surface area (Å²) in [6.45, 7) is 2.34. The fraction of sp³-hybridized carbons (Fsp3) is 0.409. The van der Waals surface area contributed by atoms with Crippen molar-refractivity contribution in [3.8, 4) is 0 Å². The number of hydrogen-bond donors (Lipinski definition) is 1. The van der Waals surface area contributed by atoms with Crippen LogP contribution in [0.3, 0.4) is 0 Å². The molecule has 5 rings (SSSR count). The zero-order valence-electron chi connectivity index (χ0n) is 16.1. The number of amides is 1. The largest absolute Gasteiger partial charge is 0.417 e. The van der Waals surface area contributed by atoms with Crippen LogP contribution in [-0.4, -0.2) is 23.9 Å². The molecule has 1 atom stereocenters. The fourth-order valence-corrected chi connectivity index (χ4v) is 5.20. The van der Waals surface area contributed by atoms with Crippen molar-refractivity contribution in [3.05, 3.63) is 68.7 Å². The summed E-state index contributed by atoms with van der Waals surface area (Å²) in [7, 11) is 0. The Morgan fingerprint density at radius 1 is 1.10 bits per heavy atom. The third-order valence-electron chi connectivity index (χ3n) is 6.12. The van der Waals surface area contributed by atoms with Crippen LogP contribution in [0.2, 0.25) is 10.0 Å². The zero-order chi connectivity index (χ0) is 21.5. The Morgan fingerprint density at radius 2 is 1.80 bits per heavy atom. The van der Waals surface area contributed by atoms with E-state index in [4.69, 9.17) is 23.2 Å². The first-order chi connectivity index (χ1) is 14.3. The lowest BCUT2D eigenvalue weighted by molar-refractivity contribution is -0.137. The van der Waals surface area contributed by atoms with E-state index >= 15 is 0 Å². The molecule has 0 aliphatic carbocycles. The van der Waals surface area contributed by atoms with E-state index in [9.17, 15) is 18.0 Å². The first-order valence-corrected chi connectivity index (χ1v) is 10.7. The molecule has 0 saturated carbocycles. The minimum absolute atomic E-state index is 0.116. The molecular weight excluding hydrogens is 436 g/mol. The number of halogens is 5. The van der Waals surface area contributed by atoms with Gasteiger partial charge in [0.1, 0.15) is 0 Å². The number of piperidine rings is 3. The number of carbonyl (C=O) groups is 1. The molecule has 3 heterocycles. The molecule has 0 radical (unpaired) electrons. The highest BCUT2D eigenvalue weighted by Gasteiger charge is 2.36. The maximum absolute atomic E-state index is 13.1. The molecule has 3 aliphatic heterocycles. The molecule has 3 fully saturated rings. The molecule has 2 bridgehead atoms. The number of hydrogen-bond acceptors (Lipinski definition) is 2. The first-order valence-electron chi connectivity index (χ1n) is 9.91. The van der Waals surface area contributed by atoms with Crippen LogP contribution < -0.4 is 5.32 Å². The van der Waals surface area contributed by atoms with E-state index in [-0.39, 0.29) is 17.1 Å². The minimum Gasteiger partial charge on any atom is -0.348 e. The summed E-state index contributed by atoms with van der Waals surface area (Å²) in [4.78, 5) is 15.2. The highest BCUT2D eigenvalue weighted by Crippen LogP contribution is 2.42. The summed E-state index contributed by atoms with van der Waals surface area (Å²) in [5, 5.41) is 1.91. The van der Waals surface area contributed by atoms with E-state index in [1.54, 1.807) is 0 Å². The van der Waals surface area contributed by atoms with E-state index in [2.05, 4.69) is 16.3 Å². The molecule has 30 heavy (non-hydrogen) atoms. The van der Waals surface area contributed by atoms with Crippen molar-refractivity contribution in [2.75, 3.05) is 13.1 Å². The number of fused-ring (bicyclic) bond motifs is 3. The summed E-state index contributed by atoms with van der Waals surface area (Å²) < 4.78 is 39.4. The number of carbonyl (C=O) groups excluding carboxylic acids is 1. The Kier molecular flexibility index (Phi) is 6.02. The van der Waals surface area contributed by atoms with Crippen molar-refractivity contribution in [1.29, 1.82) is 0 Å². The molecule has 3 aliphatic rings. The standard InChI is InChI=1S/C22H21Cl2F3N2O/c23-17-6-5-16(22(25,26)27)20(24)19(17)21(30)28-12-14-3-1-2-4-15(14)18-11-13-7-9-29(18)10-8-13/h1-6,13,18H,7-12H2,(H,28,30)/t18-/m0/s1. The predicted molar refractivity (Wildman–Crippen MR) is 111 cm³/mol. The van der Waals surface area contributed by atoms with Gasteiger partial charge < -0.3 is 5.32 Å². The van der Waals surface area contributed by atoms with Gasteiger partial charge in [0.15, 0.2) is 0 Å². The fourth-order valence-electron chi connectivity index (χ4n) is 4.55. The molecule has 1 N–H and O–H groups in total. The van der Waals surface area contributed by atoms with Gasteiger partial charge in [-0.25, -0.2) is 0 Å². The van der Waals surface area contributed by atoms with Gasteiger partial charge in [0.2, 0.25) is 0 Å². The van der Waals surface area contributed by atoms with Crippen LogP contribution in [0.5, 0.6) is 0 Å². The molecule has 0 spiro atoms. The van der Waals surface area contributed by atoms with Crippen LogP contribution in [0.4, 0.5) is 13.2 Å². The second kappa shape index (κ2) is 8.40. The third kappa shape index (κ3) is 4.18. The molecule has 0 unspecified atom stereocenters. The Bertz CT molecular complexity index is 956. The molecule has 2 aromatic carbocycles. The van der Waals surface area contributed by atoms with E-state index < -0.39 is 22.7 Å². The summed E-state index contributed by atoms with van der Waals surface area (Å²) in [5.74, 6) is 0.00161. The highest BCUT2D eigenvalue weighted by atomic mass is 35.5. The monoisotopic (exact) mass is 456 g/mol. The predicted octanol–water partition coefficient (Wildman–Crippen LogP) is 6.10. The van der Waals surface area contributed by atoms with Gasteiger partial charge in [-0.3, -0.25) is 9.69 Å². The van der Waals surface area contributed by atoms with Crippen molar-refractivity contribution < 1.29 is 18.0 Å². The Hall–Kier alpha value is -1.76. The number of nitrogens with one attached hydrogen (secondary N) is 1. The second-order valence-corrected chi connectivity index (χ2v) is 8.68. The van der Waals surface area contributed by atoms with Gasteiger partial charge >= 0.3 is 6.18 Å². The van der Waals surface area contributed by atoms with Crippen LogP contribution in [-0.2, 0) is 12.7 Å². The van der Waals surface area contributed by atoms with Gasteiger partial charge in [-0.15, -0.1) is 0 Å². The van der Waals surface area contributed by atoms with Crippen molar-refractivity contribution in [1.82, 2.24) is 10.2 Å². The maximum atomic E-state index is 13.1. The van der Waals surface area contributed by atoms with Crippen molar-refractivity contribution in [2.24, 2.45) is 5.92 Å². The maximum Gasteiger partial charge on any atom is 0.417 e. The minimum atomic E-state index is -4.67. The Morgan fingerprint density at radius 3 is 2.43 bits per heavy atom. The van der Waals surface area contributed by atoms with Crippen molar-refractivity contribution >= 4 is 29.1 Å². The number of alkyl halides is 3. The summed E-state index contributed by atoms with van der Waals surface area (Å²) in [5.41, 5.74) is 0.669. The van der Waals surface area contributed by atoms with Crippen LogP contribution in [0.25, 0.3) is 0 Å². The SMILES string of the molecule is O=C(NCc1ccccc1[C@@H]1CC2CCN1CC2)c1c(Cl)ccc(C(F)(F)F)c1Cl. The topological polar surface area (TPSA) is 32.3 Å². The van der Waals surface area contributed by atoms with E-state index in [1.807, 2.05) is 18.2 Å². The van der Waals surface area contributed by atoms with Gasteiger partial charge in [0.25, 0.3) is 5.91 Å². The van der Waals surface area contributed by atoms with Gasteiger partial charge in [0.05, 0.1) is 21.2 Å². The van der Waals surface area contributed by atoms with E-state index in [1.165, 1.54) is 12.8 Å². The van der Waals surface area contributed by atoms with Crippen molar-refractivity contribution in [3.63, 3.8) is 0 Å². The van der Waals surface area contributed by atoms with Crippen LogP contribution >= 0.6 is 23.2 Å². The summed E-state index contributed by atoms with van der Waals surface area (Å²) in [6.07, 6.45) is -1.13. The molecule has 1 amide bonds. The molecule has 3 nitrogen and oxygen atoms in total. The lowest BCUT2D eigenvalue weighted by atomic mass is 9.79. The number of rotatable bonds is 4. The van der Waals surface area contributed by atoms with Crippen molar-refractivity contribution in [2.45, 2.75) is 38.0 Å². The smallest absolute Gasteiger partial charge is 0.348 e. The molecule has 160 valence electrons. The van der Waals surface area contributed by atoms with Crippen LogP contribution in [0, 0.1) is 5.92 Å². The average Bonchev–Trinajstić information content (AvgIpc) is 2.72. The molecular formula is C22H21Cl2F3N2O. The van der Waals surface area contributed by atoms with Gasteiger partial charge in [-0.05, 0) is 61.5 Å². The molecule has 0 aromatic heterocycles. The number of nitrogens with zero attached hydrogens (tertiary/aromatic N) is 1. The second-order valence-electron chi connectivity index (χ2n) is 7.89. The van der Waals surface area contributed by atoms with E-state index in [0.29, 0.717) is 6.04 Å². The van der Waals surface area contributed by atoms with Crippen LogP contribution in [0.1, 0.15) is 52.4 Å².